The minimum atomic E-state index is -2.60. The monoisotopic (exact) mass is 294 g/mol. The number of hydrogen-bond acceptors (Lipinski definition) is 6. The highest BCUT2D eigenvalue weighted by atomic mass is 16.7. The summed E-state index contributed by atoms with van der Waals surface area (Å²) in [6.07, 6.45) is -2.25. The SMILES string of the molecule is CC1OC2(O)C(=O)c3c(O)cccc3C(O)C2(O)C1(C)C. The number of hydrogen-bond donors (Lipinski definition) is 4. The first-order chi connectivity index (χ1) is 9.59. The summed E-state index contributed by atoms with van der Waals surface area (Å²) in [6, 6.07) is 4.18. The predicted molar refractivity (Wildman–Crippen MR) is 71.6 cm³/mol. The van der Waals surface area contributed by atoms with Gasteiger partial charge in [-0.3, -0.25) is 4.79 Å². The van der Waals surface area contributed by atoms with Crippen LogP contribution in [-0.4, -0.2) is 43.7 Å². The number of ketones is 1. The minimum Gasteiger partial charge on any atom is -0.507 e. The zero-order chi connectivity index (χ0) is 15.8. The molecular weight excluding hydrogens is 276 g/mol. The molecule has 0 spiro atoms. The maximum Gasteiger partial charge on any atom is 0.265 e. The van der Waals surface area contributed by atoms with Crippen LogP contribution in [-0.2, 0) is 4.74 Å². The molecule has 2 aliphatic rings. The number of benzene rings is 1. The maximum absolute atomic E-state index is 12.6. The lowest BCUT2D eigenvalue weighted by molar-refractivity contribution is -0.268. The summed E-state index contributed by atoms with van der Waals surface area (Å²) < 4.78 is 5.35. The van der Waals surface area contributed by atoms with Crippen molar-refractivity contribution in [3.63, 3.8) is 0 Å². The van der Waals surface area contributed by atoms with Crippen molar-refractivity contribution >= 4 is 5.78 Å². The second-order valence-electron chi connectivity index (χ2n) is 6.37. The van der Waals surface area contributed by atoms with E-state index in [0.717, 1.165) is 0 Å². The number of fused-ring (bicyclic) bond motifs is 2. The van der Waals surface area contributed by atoms with E-state index in [0.29, 0.717) is 0 Å². The highest BCUT2D eigenvalue weighted by Crippen LogP contribution is 2.60. The van der Waals surface area contributed by atoms with Gasteiger partial charge in [-0.1, -0.05) is 26.0 Å². The molecule has 21 heavy (non-hydrogen) atoms. The average Bonchev–Trinajstić information content (AvgIpc) is 2.56. The van der Waals surface area contributed by atoms with Gasteiger partial charge in [-0.15, -0.1) is 0 Å². The molecule has 0 radical (unpaired) electrons. The summed E-state index contributed by atoms with van der Waals surface area (Å²) in [5.74, 6) is -3.91. The zero-order valence-electron chi connectivity index (χ0n) is 12.0. The van der Waals surface area contributed by atoms with Crippen LogP contribution >= 0.6 is 0 Å². The lowest BCUT2D eigenvalue weighted by Gasteiger charge is -2.48. The number of ether oxygens (including phenoxy) is 1. The van der Waals surface area contributed by atoms with Crippen molar-refractivity contribution in [3.8, 4) is 5.75 Å². The van der Waals surface area contributed by atoms with Crippen molar-refractivity contribution in [2.24, 2.45) is 5.41 Å². The summed E-state index contributed by atoms with van der Waals surface area (Å²) in [5, 5.41) is 42.2. The second-order valence-corrected chi connectivity index (χ2v) is 6.37. The Morgan fingerprint density at radius 3 is 2.48 bits per heavy atom. The van der Waals surface area contributed by atoms with Crippen LogP contribution in [0.25, 0.3) is 0 Å². The molecule has 4 unspecified atom stereocenters. The molecule has 6 nitrogen and oxygen atoms in total. The predicted octanol–water partition coefficient (Wildman–Crippen LogP) is 0.486. The molecular formula is C15H18O6. The van der Waals surface area contributed by atoms with Crippen molar-refractivity contribution in [1.29, 1.82) is 0 Å². The quantitative estimate of drug-likeness (QED) is 0.554. The topological polar surface area (TPSA) is 107 Å². The highest BCUT2D eigenvalue weighted by molar-refractivity contribution is 6.07. The Kier molecular flexibility index (Phi) is 2.64. The summed E-state index contributed by atoms with van der Waals surface area (Å²) in [4.78, 5) is 12.6. The Balaban J connectivity index is 2.35. The number of rotatable bonds is 0. The van der Waals surface area contributed by atoms with Gasteiger partial charge in [0, 0.05) is 5.41 Å². The molecule has 1 saturated heterocycles. The third-order valence-corrected chi connectivity index (χ3v) is 5.16. The Bertz CT molecular complexity index is 639. The number of Topliss-reactive ketones (excluding diaryl/α,β-unsaturated/α-hetero) is 1. The van der Waals surface area contributed by atoms with Crippen molar-refractivity contribution in [1.82, 2.24) is 0 Å². The Hall–Kier alpha value is -1.47. The van der Waals surface area contributed by atoms with Crippen molar-refractivity contribution < 1.29 is 30.0 Å². The number of carbonyl (C=O) groups excluding carboxylic acids is 1. The number of phenols is 1. The molecule has 0 aromatic heterocycles. The van der Waals surface area contributed by atoms with Gasteiger partial charge in [-0.25, -0.2) is 0 Å². The van der Waals surface area contributed by atoms with Gasteiger partial charge >= 0.3 is 0 Å². The Morgan fingerprint density at radius 1 is 1.24 bits per heavy atom. The first kappa shape index (κ1) is 14.5. The van der Waals surface area contributed by atoms with E-state index in [1.54, 1.807) is 20.8 Å². The zero-order valence-corrected chi connectivity index (χ0v) is 12.0. The van der Waals surface area contributed by atoms with Crippen molar-refractivity contribution in [3.05, 3.63) is 29.3 Å². The van der Waals surface area contributed by atoms with Crippen LogP contribution in [0.3, 0.4) is 0 Å². The number of phenolic OH excluding ortho intramolecular Hbond substituents is 1. The van der Waals surface area contributed by atoms with E-state index in [-0.39, 0.29) is 16.9 Å². The van der Waals surface area contributed by atoms with Gasteiger partial charge in [0.05, 0.1) is 11.7 Å². The first-order valence-corrected chi connectivity index (χ1v) is 6.76. The van der Waals surface area contributed by atoms with E-state index < -0.39 is 34.8 Å². The Morgan fingerprint density at radius 2 is 1.86 bits per heavy atom. The molecule has 0 saturated carbocycles. The van der Waals surface area contributed by atoms with Crippen LogP contribution in [0.2, 0.25) is 0 Å². The molecule has 1 fully saturated rings. The lowest BCUT2D eigenvalue weighted by atomic mass is 9.61. The van der Waals surface area contributed by atoms with Gasteiger partial charge in [0.25, 0.3) is 5.79 Å². The molecule has 1 aliphatic heterocycles. The summed E-state index contributed by atoms with van der Waals surface area (Å²) in [7, 11) is 0. The van der Waals surface area contributed by atoms with Crippen molar-refractivity contribution in [2.45, 2.75) is 44.4 Å². The van der Waals surface area contributed by atoms with Crippen LogP contribution in [0.4, 0.5) is 0 Å². The molecule has 1 aliphatic carbocycles. The Labute approximate surface area is 121 Å². The van der Waals surface area contributed by atoms with E-state index in [2.05, 4.69) is 0 Å². The molecule has 114 valence electrons. The fourth-order valence-electron chi connectivity index (χ4n) is 3.43. The van der Waals surface area contributed by atoms with Crippen LogP contribution in [0.15, 0.2) is 18.2 Å². The fraction of sp³-hybridized carbons (Fsp3) is 0.533. The maximum atomic E-state index is 12.6. The van der Waals surface area contributed by atoms with Crippen LogP contribution in [0.1, 0.15) is 42.8 Å². The van der Waals surface area contributed by atoms with Gasteiger partial charge in [-0.05, 0) is 18.6 Å². The average molecular weight is 294 g/mol. The van der Waals surface area contributed by atoms with E-state index in [4.69, 9.17) is 4.74 Å². The molecule has 4 atom stereocenters. The van der Waals surface area contributed by atoms with Crippen LogP contribution < -0.4 is 0 Å². The minimum absolute atomic E-state index is 0.0814. The third kappa shape index (κ3) is 1.34. The van der Waals surface area contributed by atoms with E-state index in [1.807, 2.05) is 0 Å². The van der Waals surface area contributed by atoms with Gasteiger partial charge in [0.1, 0.15) is 11.9 Å². The molecule has 0 amide bonds. The highest BCUT2D eigenvalue weighted by Gasteiger charge is 2.76. The first-order valence-electron chi connectivity index (χ1n) is 6.76. The molecule has 1 heterocycles. The van der Waals surface area contributed by atoms with Gasteiger partial charge in [0.15, 0.2) is 5.60 Å². The van der Waals surface area contributed by atoms with E-state index in [1.165, 1.54) is 18.2 Å². The van der Waals surface area contributed by atoms with Crippen molar-refractivity contribution in [2.75, 3.05) is 0 Å². The second kappa shape index (κ2) is 3.84. The van der Waals surface area contributed by atoms with Gasteiger partial charge in [-0.2, -0.15) is 0 Å². The molecule has 1 aromatic rings. The van der Waals surface area contributed by atoms with Crippen LogP contribution in [0.5, 0.6) is 5.75 Å². The molecule has 1 aromatic carbocycles. The van der Waals surface area contributed by atoms with Gasteiger partial charge in [0.2, 0.25) is 5.78 Å². The van der Waals surface area contributed by atoms with E-state index in [9.17, 15) is 25.2 Å². The number of aliphatic hydroxyl groups excluding tert-OH is 1. The summed E-state index contributed by atoms with van der Waals surface area (Å²) in [6.45, 7) is 4.83. The van der Waals surface area contributed by atoms with E-state index >= 15 is 0 Å². The fourth-order valence-corrected chi connectivity index (χ4v) is 3.43. The molecule has 3 rings (SSSR count). The largest absolute Gasteiger partial charge is 0.507 e. The normalized spacial score (nSPS) is 40.8. The standard InChI is InChI=1S/C15H18O6/c1-7-13(2,3)14(19)11(17)8-5-4-6-9(16)10(8)12(18)15(14,20)21-7/h4-7,11,16-17,19-20H,1-3H3. The number of aromatic hydroxyl groups is 1. The smallest absolute Gasteiger partial charge is 0.265 e. The summed E-state index contributed by atoms with van der Waals surface area (Å²) >= 11 is 0. The molecule has 0 bridgehead atoms. The van der Waals surface area contributed by atoms with Gasteiger partial charge < -0.3 is 25.2 Å². The summed E-state index contributed by atoms with van der Waals surface area (Å²) in [5.41, 5.74) is -3.43. The number of aliphatic hydroxyl groups is 3. The van der Waals surface area contributed by atoms with Crippen LogP contribution in [0, 0.1) is 5.41 Å². The lowest BCUT2D eigenvalue weighted by Crippen LogP contribution is -2.67. The molecule has 6 heteroatoms. The number of carbonyl (C=O) groups is 1. The third-order valence-electron chi connectivity index (χ3n) is 5.16. The molecule has 4 N–H and O–H groups in total.